The van der Waals surface area contributed by atoms with E-state index in [1.165, 1.54) is 49.4 Å². The fourth-order valence-electron chi connectivity index (χ4n) is 1.73. The Kier molecular flexibility index (Phi) is 5.17. The van der Waals surface area contributed by atoms with Crippen LogP contribution in [0, 0.1) is 0 Å². The van der Waals surface area contributed by atoms with E-state index in [1.807, 2.05) is 0 Å². The number of hydrogen-bond acceptors (Lipinski definition) is 5. The maximum atomic E-state index is 12.2. The predicted octanol–water partition coefficient (Wildman–Crippen LogP) is 2.99. The van der Waals surface area contributed by atoms with Gasteiger partial charge < -0.3 is 9.50 Å². The zero-order valence-electron chi connectivity index (χ0n) is 11.9. The van der Waals surface area contributed by atoms with Crippen molar-refractivity contribution in [1.82, 2.24) is 0 Å². The lowest BCUT2D eigenvalue weighted by molar-refractivity contribution is -0.114. The predicted molar refractivity (Wildman–Crippen MR) is 88.1 cm³/mol. The molecule has 2 aromatic carbocycles. The molecule has 8 heteroatoms. The molecule has 0 spiro atoms. The summed E-state index contributed by atoms with van der Waals surface area (Å²) in [5.74, 6) is -0.183. The van der Waals surface area contributed by atoms with E-state index in [1.54, 1.807) is 0 Å². The van der Waals surface area contributed by atoms with Crippen LogP contribution in [0.3, 0.4) is 0 Å². The minimum Gasteiger partial charge on any atom is -0.378 e. The van der Waals surface area contributed by atoms with Gasteiger partial charge in [-0.15, -0.1) is 0 Å². The second kappa shape index (κ2) is 6.93. The molecular weight excluding hydrogens is 386 g/mol. The number of rotatable bonds is 5. The van der Waals surface area contributed by atoms with E-state index < -0.39 is 10.1 Å². The van der Waals surface area contributed by atoms with Crippen molar-refractivity contribution >= 4 is 43.9 Å². The van der Waals surface area contributed by atoms with Crippen molar-refractivity contribution in [3.63, 3.8) is 0 Å². The van der Waals surface area contributed by atoms with Crippen LogP contribution in [0.15, 0.2) is 51.8 Å². The number of halogens is 1. The maximum Gasteiger partial charge on any atom is 0.339 e. The van der Waals surface area contributed by atoms with Gasteiger partial charge in [-0.05, 0) is 58.4 Å². The fraction of sp³-hybridized carbons (Fsp3) is 0.0667. The van der Waals surface area contributed by atoms with Gasteiger partial charge in [0.2, 0.25) is 5.91 Å². The Hall–Kier alpha value is -2.19. The average molecular weight is 398 g/mol. The number of benzene rings is 2. The Morgan fingerprint density at radius 2 is 1.83 bits per heavy atom. The van der Waals surface area contributed by atoms with Crippen molar-refractivity contribution < 1.29 is 22.2 Å². The van der Waals surface area contributed by atoms with E-state index in [0.29, 0.717) is 22.0 Å². The second-order valence-electron chi connectivity index (χ2n) is 4.55. The third-order valence-electron chi connectivity index (χ3n) is 2.75. The van der Waals surface area contributed by atoms with Gasteiger partial charge in [0, 0.05) is 18.2 Å². The Morgan fingerprint density at radius 3 is 2.35 bits per heavy atom. The number of carbonyl (C=O) groups is 2. The molecule has 120 valence electrons. The summed E-state index contributed by atoms with van der Waals surface area (Å²) in [5, 5.41) is 2.54. The molecule has 0 heterocycles. The molecule has 2 rings (SSSR count). The maximum absolute atomic E-state index is 12.2. The summed E-state index contributed by atoms with van der Waals surface area (Å²) < 4.78 is 29.9. The van der Waals surface area contributed by atoms with E-state index in [2.05, 4.69) is 21.2 Å². The monoisotopic (exact) mass is 397 g/mol. The van der Waals surface area contributed by atoms with E-state index in [4.69, 9.17) is 4.18 Å². The van der Waals surface area contributed by atoms with Gasteiger partial charge in [0.1, 0.15) is 11.2 Å². The van der Waals surface area contributed by atoms with Crippen molar-refractivity contribution in [2.45, 2.75) is 11.8 Å². The molecule has 0 saturated carbocycles. The molecule has 0 aliphatic heterocycles. The summed E-state index contributed by atoms with van der Waals surface area (Å²) in [6.45, 7) is 1.36. The fourth-order valence-corrected chi connectivity index (χ4v) is 3.26. The van der Waals surface area contributed by atoms with Gasteiger partial charge in [0.15, 0.2) is 5.75 Å². The van der Waals surface area contributed by atoms with Crippen LogP contribution in [0.1, 0.15) is 17.3 Å². The van der Waals surface area contributed by atoms with Crippen molar-refractivity contribution in [3.05, 3.63) is 52.5 Å². The molecule has 0 fully saturated rings. The molecule has 0 aliphatic carbocycles. The molecule has 0 saturated heterocycles. The van der Waals surface area contributed by atoms with Gasteiger partial charge in [-0.2, -0.15) is 8.42 Å². The highest BCUT2D eigenvalue weighted by Gasteiger charge is 2.18. The minimum atomic E-state index is -4.03. The molecule has 0 atom stereocenters. The lowest BCUT2D eigenvalue weighted by atomic mass is 10.2. The summed E-state index contributed by atoms with van der Waals surface area (Å²) in [4.78, 5) is 21.6. The van der Waals surface area contributed by atoms with Crippen LogP contribution in [0.4, 0.5) is 5.69 Å². The number of hydrogen-bond donors (Lipinski definition) is 1. The Labute approximate surface area is 141 Å². The third kappa shape index (κ3) is 4.40. The van der Waals surface area contributed by atoms with E-state index in [-0.39, 0.29) is 16.6 Å². The van der Waals surface area contributed by atoms with Gasteiger partial charge in [0.05, 0.1) is 4.47 Å². The largest absolute Gasteiger partial charge is 0.378 e. The van der Waals surface area contributed by atoms with Crippen molar-refractivity contribution in [3.8, 4) is 5.75 Å². The van der Waals surface area contributed by atoms with Crippen LogP contribution in [-0.4, -0.2) is 20.6 Å². The molecule has 0 aromatic heterocycles. The van der Waals surface area contributed by atoms with Gasteiger partial charge >= 0.3 is 10.1 Å². The zero-order chi connectivity index (χ0) is 17.0. The van der Waals surface area contributed by atoms with Crippen LogP contribution in [0.25, 0.3) is 0 Å². The first-order valence-corrected chi connectivity index (χ1v) is 8.59. The molecule has 0 unspecified atom stereocenters. The summed E-state index contributed by atoms with van der Waals surface area (Å²) in [7, 11) is -4.03. The lowest BCUT2D eigenvalue weighted by Gasteiger charge is -2.09. The quantitative estimate of drug-likeness (QED) is 0.618. The van der Waals surface area contributed by atoms with Crippen molar-refractivity contribution in [2.24, 2.45) is 0 Å². The van der Waals surface area contributed by atoms with Gasteiger partial charge in [-0.25, -0.2) is 0 Å². The number of nitrogens with one attached hydrogen (secondary N) is 1. The number of aldehydes is 1. The standard InChI is InChI=1S/C15H12BrNO5S/c1-10(19)17-12-3-5-13(6-4-12)23(20,21)22-15-7-2-11(9-18)8-14(15)16/h2-9H,1H3,(H,17,19). The van der Waals surface area contributed by atoms with Gasteiger partial charge in [-0.3, -0.25) is 9.59 Å². The average Bonchev–Trinajstić information content (AvgIpc) is 2.49. The Balaban J connectivity index is 2.25. The smallest absolute Gasteiger partial charge is 0.339 e. The highest BCUT2D eigenvalue weighted by Crippen LogP contribution is 2.28. The molecule has 1 amide bonds. The Bertz CT molecular complexity index is 847. The number of amides is 1. The summed E-state index contributed by atoms with van der Waals surface area (Å²) in [5.41, 5.74) is 0.870. The molecule has 23 heavy (non-hydrogen) atoms. The lowest BCUT2D eigenvalue weighted by Crippen LogP contribution is -2.11. The SMILES string of the molecule is CC(=O)Nc1ccc(S(=O)(=O)Oc2ccc(C=O)cc2Br)cc1. The van der Waals surface area contributed by atoms with E-state index >= 15 is 0 Å². The van der Waals surface area contributed by atoms with E-state index in [9.17, 15) is 18.0 Å². The van der Waals surface area contributed by atoms with Crippen LogP contribution in [0.5, 0.6) is 5.75 Å². The third-order valence-corrected chi connectivity index (χ3v) is 4.62. The Morgan fingerprint density at radius 1 is 1.17 bits per heavy atom. The summed E-state index contributed by atoms with van der Waals surface area (Å²) in [6, 6.07) is 9.87. The molecule has 2 aromatic rings. The first kappa shape index (κ1) is 17.2. The molecule has 0 bridgehead atoms. The van der Waals surface area contributed by atoms with Gasteiger partial charge in [-0.1, -0.05) is 0 Å². The van der Waals surface area contributed by atoms with Crippen LogP contribution in [0.2, 0.25) is 0 Å². The summed E-state index contributed by atoms with van der Waals surface area (Å²) >= 11 is 3.16. The number of anilines is 1. The summed E-state index contributed by atoms with van der Waals surface area (Å²) in [6.07, 6.45) is 0.643. The van der Waals surface area contributed by atoms with Crippen molar-refractivity contribution in [1.29, 1.82) is 0 Å². The number of carbonyl (C=O) groups excluding carboxylic acids is 2. The zero-order valence-corrected chi connectivity index (χ0v) is 14.3. The topological polar surface area (TPSA) is 89.5 Å². The van der Waals surface area contributed by atoms with Crippen molar-refractivity contribution in [2.75, 3.05) is 5.32 Å². The van der Waals surface area contributed by atoms with Gasteiger partial charge in [0.25, 0.3) is 0 Å². The first-order chi connectivity index (χ1) is 10.8. The highest BCUT2D eigenvalue weighted by atomic mass is 79.9. The second-order valence-corrected chi connectivity index (χ2v) is 6.95. The molecule has 0 aliphatic rings. The normalized spacial score (nSPS) is 10.9. The van der Waals surface area contributed by atoms with Crippen LogP contribution >= 0.6 is 15.9 Å². The van der Waals surface area contributed by atoms with E-state index in [0.717, 1.165) is 0 Å². The minimum absolute atomic E-state index is 0.0574. The van der Waals surface area contributed by atoms with Crippen LogP contribution < -0.4 is 9.50 Å². The first-order valence-electron chi connectivity index (χ1n) is 6.39. The van der Waals surface area contributed by atoms with Crippen LogP contribution in [-0.2, 0) is 14.9 Å². The highest BCUT2D eigenvalue weighted by molar-refractivity contribution is 9.10. The molecule has 0 radical (unpaired) electrons. The molecule has 6 nitrogen and oxygen atoms in total. The molecule has 1 N–H and O–H groups in total. The molecular formula is C15H12BrNO5S.